The molecule has 0 aliphatic carbocycles. The molecule has 0 aromatic carbocycles. The Kier molecular flexibility index (Phi) is 1870. The van der Waals surface area contributed by atoms with E-state index in [2.05, 4.69) is 0 Å². The van der Waals surface area contributed by atoms with E-state index in [0.29, 0.717) is 0 Å². The molecule has 9 heavy (non-hydrogen) atoms. The topological polar surface area (TPSA) is 180 Å². The Hall–Kier alpha value is 3.21. The molecule has 6 N–H and O–H groups in total. The monoisotopic (exact) mass is 336 g/mol. The van der Waals surface area contributed by atoms with E-state index in [9.17, 15) is 0 Å². The maximum Gasteiger partial charge on any atom is 2.00 e. The van der Waals surface area contributed by atoms with E-state index in [1.807, 2.05) is 0 Å². The van der Waals surface area contributed by atoms with Gasteiger partial charge in [-0.2, -0.15) is 0 Å². The third kappa shape index (κ3) is 92.1. The zero-order chi connectivity index (χ0) is 0. The Balaban J connectivity index is 0. The van der Waals surface area contributed by atoms with Gasteiger partial charge in [0.05, 0.1) is 0 Å². The van der Waals surface area contributed by atoms with Crippen molar-refractivity contribution >= 4 is 91.0 Å². The van der Waals surface area contributed by atoms with Crippen molar-refractivity contribution in [3.05, 3.63) is 0 Å². The average molecular weight is 336 g/mol. The normalized spacial score (nSPS) is 0. The van der Waals surface area contributed by atoms with Crippen LogP contribution in [0.4, 0.5) is 0 Å². The molecule has 6 nitrogen and oxygen atoms in total. The molecule has 0 saturated heterocycles. The van der Waals surface area contributed by atoms with Crippen LogP contribution in [-0.2, 0) is 16.5 Å². The fourth-order valence-electron chi connectivity index (χ4n) is 0. The molecule has 0 rings (SSSR count). The Labute approximate surface area is 137 Å². The smallest absolute Gasteiger partial charge is 0.870 e. The summed E-state index contributed by atoms with van der Waals surface area (Å²) < 4.78 is 0. The second kappa shape index (κ2) is 113. The van der Waals surface area contributed by atoms with Crippen molar-refractivity contribution in [2.24, 2.45) is 0 Å². The van der Waals surface area contributed by atoms with Crippen molar-refractivity contribution in [1.29, 1.82) is 0 Å². The maximum atomic E-state index is 0. The van der Waals surface area contributed by atoms with Crippen molar-refractivity contribution < 1.29 is 49.3 Å². The second-order valence-corrected chi connectivity index (χ2v) is 0. The largest absolute Gasteiger partial charge is 2.00 e. The second-order valence-electron chi connectivity index (χ2n) is 0. The van der Waals surface area contributed by atoms with Gasteiger partial charge in [-0.05, 0) is 0 Å². The minimum atomic E-state index is 0. The summed E-state index contributed by atoms with van der Waals surface area (Å²) in [6, 6.07) is 0. The first-order valence-corrected chi connectivity index (χ1v) is 0. The fraction of sp³-hybridized carbons (Fsp3) is 0. The van der Waals surface area contributed by atoms with Gasteiger partial charge in [-0.15, -0.1) is 0 Å². The molecule has 0 radical (unpaired) electrons. The summed E-state index contributed by atoms with van der Waals surface area (Å²) in [5.74, 6) is 0. The molecule has 0 aliphatic rings. The van der Waals surface area contributed by atoms with E-state index in [1.54, 1.807) is 0 Å². The molecular formula is H6NiO6Sr2. The third-order valence-corrected chi connectivity index (χ3v) is 0. The molecule has 0 aromatic rings. The average Bonchev–Trinajstić information content (AvgIpc) is 0. The van der Waals surface area contributed by atoms with Gasteiger partial charge in [0.15, 0.2) is 0 Å². The van der Waals surface area contributed by atoms with Crippen LogP contribution in [0.25, 0.3) is 0 Å². The van der Waals surface area contributed by atoms with Crippen LogP contribution in [0.15, 0.2) is 0 Å². The van der Waals surface area contributed by atoms with Crippen LogP contribution in [-0.4, -0.2) is 124 Å². The van der Waals surface area contributed by atoms with Gasteiger partial charge in [0, 0.05) is 0 Å². The van der Waals surface area contributed by atoms with Crippen LogP contribution in [0.2, 0.25) is 0 Å². The van der Waals surface area contributed by atoms with E-state index in [1.165, 1.54) is 0 Å². The molecule has 0 saturated carbocycles. The van der Waals surface area contributed by atoms with Gasteiger partial charge in [0.2, 0.25) is 0 Å². The summed E-state index contributed by atoms with van der Waals surface area (Å²) in [7, 11) is 0. The van der Waals surface area contributed by atoms with Crippen LogP contribution in [0.1, 0.15) is 0 Å². The van der Waals surface area contributed by atoms with E-state index in [-0.39, 0.29) is 140 Å². The van der Waals surface area contributed by atoms with E-state index >= 15 is 0 Å². The van der Waals surface area contributed by atoms with Crippen molar-refractivity contribution in [3.63, 3.8) is 0 Å². The third-order valence-electron chi connectivity index (χ3n) is 0. The SMILES string of the molecule is [Ni+2].[OH-].[OH-].[OH-].[OH-].[OH-].[OH-].[Sr+2].[Sr+2]. The van der Waals surface area contributed by atoms with Gasteiger partial charge in [0.25, 0.3) is 0 Å². The summed E-state index contributed by atoms with van der Waals surface area (Å²) in [6.07, 6.45) is 0. The Morgan fingerprint density at radius 3 is 0.333 bits per heavy atom. The molecule has 9 heteroatoms. The number of rotatable bonds is 0. The van der Waals surface area contributed by atoms with Gasteiger partial charge in [-0.1, -0.05) is 0 Å². The van der Waals surface area contributed by atoms with Crippen LogP contribution in [0.3, 0.4) is 0 Å². The Bertz CT molecular complexity index is 11.0. The van der Waals surface area contributed by atoms with Crippen LogP contribution >= 0.6 is 0 Å². The number of hydrogen-bond acceptors (Lipinski definition) is 6. The van der Waals surface area contributed by atoms with Crippen molar-refractivity contribution in [2.45, 2.75) is 0 Å². The first-order valence-electron chi connectivity index (χ1n) is 0. The van der Waals surface area contributed by atoms with Crippen molar-refractivity contribution in [3.8, 4) is 0 Å². The minimum absolute atomic E-state index is 0. The maximum absolute atomic E-state index is 0. The minimum Gasteiger partial charge on any atom is -0.870 e. The summed E-state index contributed by atoms with van der Waals surface area (Å²) in [6.45, 7) is 0. The molecule has 0 spiro atoms. The zero-order valence-corrected chi connectivity index (χ0v) is 12.4. The van der Waals surface area contributed by atoms with Crippen LogP contribution < -0.4 is 0 Å². The Morgan fingerprint density at radius 2 is 0.333 bits per heavy atom. The zero-order valence-electron chi connectivity index (χ0n) is 4.41. The van der Waals surface area contributed by atoms with Gasteiger partial charge in [-0.3, -0.25) is 0 Å². The predicted octanol–water partition coefficient (Wildman–Crippen LogP) is -1.82. The van der Waals surface area contributed by atoms with E-state index in [0.717, 1.165) is 0 Å². The molecule has 0 atom stereocenters. The van der Waals surface area contributed by atoms with Crippen LogP contribution in [0.5, 0.6) is 0 Å². The summed E-state index contributed by atoms with van der Waals surface area (Å²) in [5.41, 5.74) is 0. The summed E-state index contributed by atoms with van der Waals surface area (Å²) in [5, 5.41) is 0. The molecule has 0 fully saturated rings. The van der Waals surface area contributed by atoms with Gasteiger partial charge in [0.1, 0.15) is 0 Å². The molecule has 0 aromatic heterocycles. The van der Waals surface area contributed by atoms with E-state index < -0.39 is 0 Å². The molecule has 0 amide bonds. The summed E-state index contributed by atoms with van der Waals surface area (Å²) >= 11 is 0. The van der Waals surface area contributed by atoms with Crippen molar-refractivity contribution in [2.75, 3.05) is 0 Å². The first kappa shape index (κ1) is 149. The molecule has 0 unspecified atom stereocenters. The summed E-state index contributed by atoms with van der Waals surface area (Å²) in [4.78, 5) is 0. The molecule has 56 valence electrons. The molecular weight excluding hydrogens is 330 g/mol. The molecule has 0 bridgehead atoms. The standard InChI is InChI=1S/Ni.6H2O.2Sr/h;6*1H2;;/q+2;;;;;;;2*+2/p-6. The van der Waals surface area contributed by atoms with Crippen LogP contribution in [0, 0.1) is 0 Å². The molecule has 0 heterocycles. The predicted molar refractivity (Wildman–Crippen MR) is 23.1 cm³/mol. The van der Waals surface area contributed by atoms with Gasteiger partial charge in [-0.25, -0.2) is 0 Å². The quantitative estimate of drug-likeness (QED) is 0.469. The van der Waals surface area contributed by atoms with E-state index in [4.69, 9.17) is 0 Å². The first-order chi connectivity index (χ1) is 0. The molecule has 0 aliphatic heterocycles. The van der Waals surface area contributed by atoms with Gasteiger partial charge >= 0.3 is 107 Å². The van der Waals surface area contributed by atoms with Crippen molar-refractivity contribution in [1.82, 2.24) is 0 Å². The number of hydrogen-bond donors (Lipinski definition) is 0. The fourth-order valence-corrected chi connectivity index (χ4v) is 0. The van der Waals surface area contributed by atoms with Gasteiger partial charge < -0.3 is 32.9 Å². The Morgan fingerprint density at radius 1 is 0.333 bits per heavy atom.